The summed E-state index contributed by atoms with van der Waals surface area (Å²) in [6, 6.07) is 10.0. The number of nitrogens with zero attached hydrogens (tertiary/aromatic N) is 1. The molecule has 2 rings (SSSR count). The van der Waals surface area contributed by atoms with Gasteiger partial charge in [-0.1, -0.05) is 30.4 Å². The third kappa shape index (κ3) is 3.24. The molecule has 0 aromatic heterocycles. The summed E-state index contributed by atoms with van der Waals surface area (Å²) in [5.74, 6) is 0.603. The summed E-state index contributed by atoms with van der Waals surface area (Å²) in [6.07, 6.45) is 10.0. The molecule has 2 heteroatoms. The van der Waals surface area contributed by atoms with Crippen molar-refractivity contribution < 1.29 is 0 Å². The molecule has 1 aromatic rings. The number of para-hydroxylation sites is 1. The van der Waals surface area contributed by atoms with E-state index < -0.39 is 0 Å². The van der Waals surface area contributed by atoms with Crippen molar-refractivity contribution in [2.75, 3.05) is 5.43 Å². The van der Waals surface area contributed by atoms with Gasteiger partial charge in [-0.2, -0.15) is 5.10 Å². The monoisotopic (exact) mass is 200 g/mol. The normalized spacial score (nSPS) is 20.7. The van der Waals surface area contributed by atoms with Crippen LogP contribution < -0.4 is 5.43 Å². The number of rotatable bonds is 3. The van der Waals surface area contributed by atoms with Crippen LogP contribution in [0.4, 0.5) is 5.69 Å². The molecular formula is C13H16N2. The molecule has 2 nitrogen and oxygen atoms in total. The van der Waals surface area contributed by atoms with E-state index in [-0.39, 0.29) is 0 Å². The highest BCUT2D eigenvalue weighted by atomic mass is 15.3. The summed E-state index contributed by atoms with van der Waals surface area (Å²) in [5.41, 5.74) is 4.08. The smallest absolute Gasteiger partial charge is 0.0561 e. The van der Waals surface area contributed by atoms with Gasteiger partial charge in [0.2, 0.25) is 0 Å². The van der Waals surface area contributed by atoms with E-state index in [2.05, 4.69) is 22.7 Å². The van der Waals surface area contributed by atoms with Crippen molar-refractivity contribution in [1.82, 2.24) is 0 Å². The Bertz CT molecular complexity index is 341. The fourth-order valence-corrected chi connectivity index (χ4v) is 1.68. The maximum absolute atomic E-state index is 4.26. The highest BCUT2D eigenvalue weighted by Crippen LogP contribution is 2.15. The largest absolute Gasteiger partial charge is 0.279 e. The second-order valence-corrected chi connectivity index (χ2v) is 3.80. The third-order valence-electron chi connectivity index (χ3n) is 2.56. The van der Waals surface area contributed by atoms with Crippen molar-refractivity contribution in [1.29, 1.82) is 0 Å². The fraction of sp³-hybridized carbons (Fsp3) is 0.308. The quantitative estimate of drug-likeness (QED) is 0.451. The summed E-state index contributed by atoms with van der Waals surface area (Å²) in [4.78, 5) is 0. The number of allylic oxidation sites excluding steroid dienone is 2. The van der Waals surface area contributed by atoms with E-state index in [4.69, 9.17) is 0 Å². The molecule has 0 saturated heterocycles. The molecule has 0 saturated carbocycles. The van der Waals surface area contributed by atoms with E-state index in [0.717, 1.165) is 12.1 Å². The van der Waals surface area contributed by atoms with Gasteiger partial charge in [-0.15, -0.1) is 0 Å². The number of nitrogens with one attached hydrogen (secondary N) is 1. The van der Waals surface area contributed by atoms with E-state index >= 15 is 0 Å². The predicted octanol–water partition coefficient (Wildman–Crippen LogP) is 3.44. The molecule has 1 N–H and O–H groups in total. The molecule has 1 aliphatic carbocycles. The molecule has 0 unspecified atom stereocenters. The van der Waals surface area contributed by atoms with Crippen molar-refractivity contribution in [2.24, 2.45) is 11.0 Å². The molecule has 15 heavy (non-hydrogen) atoms. The van der Waals surface area contributed by atoms with Crippen LogP contribution in [0.2, 0.25) is 0 Å². The topological polar surface area (TPSA) is 24.4 Å². The number of hydrazone groups is 1. The first-order chi connectivity index (χ1) is 7.45. The zero-order valence-corrected chi connectivity index (χ0v) is 8.76. The SMILES string of the molecule is C1=CC[C@@H](/C=N/Nc2ccccc2)CC1. The summed E-state index contributed by atoms with van der Waals surface area (Å²) >= 11 is 0. The average Bonchev–Trinajstić information content (AvgIpc) is 2.32. The van der Waals surface area contributed by atoms with Gasteiger partial charge in [-0.25, -0.2) is 0 Å². The van der Waals surface area contributed by atoms with Crippen LogP contribution in [0.15, 0.2) is 47.6 Å². The van der Waals surface area contributed by atoms with E-state index in [9.17, 15) is 0 Å². The predicted molar refractivity (Wildman–Crippen MR) is 65.0 cm³/mol. The molecule has 1 atom stereocenters. The summed E-state index contributed by atoms with van der Waals surface area (Å²) < 4.78 is 0. The molecule has 0 bridgehead atoms. The standard InChI is InChI=1S/C13H16N2/c1-3-7-12(8-4-1)11-14-15-13-9-5-2-6-10-13/h1-3,5-6,9-12,15H,4,7-8H2/b14-11+/t12-/m1/s1. The minimum absolute atomic E-state index is 0.603. The van der Waals surface area contributed by atoms with Gasteiger partial charge in [0.1, 0.15) is 0 Å². The van der Waals surface area contributed by atoms with Crippen LogP contribution in [0.1, 0.15) is 19.3 Å². The van der Waals surface area contributed by atoms with E-state index in [0.29, 0.717) is 5.92 Å². The molecule has 1 aromatic carbocycles. The van der Waals surface area contributed by atoms with Gasteiger partial charge in [0.05, 0.1) is 5.69 Å². The van der Waals surface area contributed by atoms with E-state index in [1.54, 1.807) is 0 Å². The van der Waals surface area contributed by atoms with Gasteiger partial charge in [0.15, 0.2) is 0 Å². The molecule has 1 aliphatic rings. The van der Waals surface area contributed by atoms with Crippen molar-refractivity contribution in [3.63, 3.8) is 0 Å². The minimum Gasteiger partial charge on any atom is -0.279 e. The summed E-state index contributed by atoms with van der Waals surface area (Å²) in [6.45, 7) is 0. The minimum atomic E-state index is 0.603. The van der Waals surface area contributed by atoms with Crippen molar-refractivity contribution in [2.45, 2.75) is 19.3 Å². The first-order valence-electron chi connectivity index (χ1n) is 5.44. The van der Waals surface area contributed by atoms with E-state index in [1.165, 1.54) is 12.8 Å². The van der Waals surface area contributed by atoms with Crippen LogP contribution in [-0.4, -0.2) is 6.21 Å². The number of hydrogen-bond acceptors (Lipinski definition) is 2. The maximum Gasteiger partial charge on any atom is 0.0561 e. The van der Waals surface area contributed by atoms with Gasteiger partial charge < -0.3 is 0 Å². The number of hydrogen-bond donors (Lipinski definition) is 1. The molecule has 0 fully saturated rings. The van der Waals surface area contributed by atoms with Gasteiger partial charge >= 0.3 is 0 Å². The Morgan fingerprint density at radius 3 is 2.80 bits per heavy atom. The van der Waals surface area contributed by atoms with Crippen LogP contribution in [-0.2, 0) is 0 Å². The lowest BCUT2D eigenvalue weighted by Gasteiger charge is -2.11. The summed E-state index contributed by atoms with van der Waals surface area (Å²) in [5, 5.41) is 4.26. The molecule has 0 spiro atoms. The van der Waals surface area contributed by atoms with Crippen LogP contribution in [0.25, 0.3) is 0 Å². The maximum atomic E-state index is 4.26. The first kappa shape index (κ1) is 9.97. The highest BCUT2D eigenvalue weighted by Gasteiger charge is 2.05. The van der Waals surface area contributed by atoms with Gasteiger partial charge in [0, 0.05) is 6.21 Å². The first-order valence-corrected chi connectivity index (χ1v) is 5.44. The zero-order chi connectivity index (χ0) is 10.3. The number of benzene rings is 1. The summed E-state index contributed by atoms with van der Waals surface area (Å²) in [7, 11) is 0. The molecule has 78 valence electrons. The van der Waals surface area contributed by atoms with E-state index in [1.807, 2.05) is 36.5 Å². The molecular weight excluding hydrogens is 184 g/mol. The molecule has 0 heterocycles. The fourth-order valence-electron chi connectivity index (χ4n) is 1.68. The van der Waals surface area contributed by atoms with Gasteiger partial charge in [-0.05, 0) is 37.3 Å². The Kier molecular flexibility index (Phi) is 3.55. The Morgan fingerprint density at radius 2 is 2.07 bits per heavy atom. The molecule has 0 aliphatic heterocycles. The lowest BCUT2D eigenvalue weighted by Crippen LogP contribution is -2.04. The highest BCUT2D eigenvalue weighted by molar-refractivity contribution is 5.63. The third-order valence-corrected chi connectivity index (χ3v) is 2.56. The van der Waals surface area contributed by atoms with Crippen molar-refractivity contribution in [3.8, 4) is 0 Å². The Labute approximate surface area is 90.7 Å². The van der Waals surface area contributed by atoms with Crippen LogP contribution in [0.3, 0.4) is 0 Å². The number of anilines is 1. The molecule has 0 radical (unpaired) electrons. The average molecular weight is 200 g/mol. The zero-order valence-electron chi connectivity index (χ0n) is 8.76. The Balaban J connectivity index is 1.82. The van der Waals surface area contributed by atoms with Gasteiger partial charge in [0.25, 0.3) is 0 Å². The second kappa shape index (κ2) is 5.35. The van der Waals surface area contributed by atoms with Crippen LogP contribution in [0.5, 0.6) is 0 Å². The Morgan fingerprint density at radius 1 is 1.20 bits per heavy atom. The Hall–Kier alpha value is -1.57. The van der Waals surface area contributed by atoms with Crippen LogP contribution in [0, 0.1) is 5.92 Å². The van der Waals surface area contributed by atoms with Crippen LogP contribution >= 0.6 is 0 Å². The lowest BCUT2D eigenvalue weighted by molar-refractivity contribution is 0.627. The second-order valence-electron chi connectivity index (χ2n) is 3.80. The van der Waals surface area contributed by atoms with Crippen molar-refractivity contribution in [3.05, 3.63) is 42.5 Å². The van der Waals surface area contributed by atoms with Crippen molar-refractivity contribution >= 4 is 11.9 Å². The molecule has 0 amide bonds. The lowest BCUT2D eigenvalue weighted by atomic mass is 9.96. The van der Waals surface area contributed by atoms with Gasteiger partial charge in [-0.3, -0.25) is 5.43 Å².